The SMILES string of the molecule is CC(C)[C@@H]1CC[C@@H](C)C[C@@H]1OC(=O)CCc1nnc(-c2ccsc2)o1. The second-order valence-electron chi connectivity index (χ2n) is 7.37. The summed E-state index contributed by atoms with van der Waals surface area (Å²) >= 11 is 1.58. The number of aryl methyl sites for hydroxylation is 1. The lowest BCUT2D eigenvalue weighted by Gasteiger charge is -2.36. The molecule has 136 valence electrons. The number of carbonyl (C=O) groups excluding carboxylic acids is 1. The summed E-state index contributed by atoms with van der Waals surface area (Å²) in [5, 5.41) is 12.0. The predicted molar refractivity (Wildman–Crippen MR) is 97.2 cm³/mol. The molecule has 2 aromatic rings. The van der Waals surface area contributed by atoms with E-state index in [1.54, 1.807) is 11.3 Å². The average Bonchev–Trinajstić information content (AvgIpc) is 3.24. The van der Waals surface area contributed by atoms with Crippen LogP contribution in [-0.4, -0.2) is 22.3 Å². The highest BCUT2D eigenvalue weighted by atomic mass is 32.1. The molecule has 0 saturated heterocycles. The van der Waals surface area contributed by atoms with Crippen molar-refractivity contribution in [3.05, 3.63) is 22.7 Å². The fourth-order valence-electron chi connectivity index (χ4n) is 3.54. The largest absolute Gasteiger partial charge is 0.462 e. The fraction of sp³-hybridized carbons (Fsp3) is 0.632. The van der Waals surface area contributed by atoms with Crippen molar-refractivity contribution in [2.24, 2.45) is 17.8 Å². The summed E-state index contributed by atoms with van der Waals surface area (Å²) in [6.07, 6.45) is 4.08. The lowest BCUT2D eigenvalue weighted by atomic mass is 9.75. The van der Waals surface area contributed by atoms with E-state index in [0.29, 0.717) is 36.0 Å². The third-order valence-electron chi connectivity index (χ3n) is 5.02. The van der Waals surface area contributed by atoms with Crippen LogP contribution in [0.15, 0.2) is 21.2 Å². The Bertz CT molecular complexity index is 681. The Kier molecular flexibility index (Phi) is 5.89. The highest BCUT2D eigenvalue weighted by molar-refractivity contribution is 7.08. The molecule has 1 saturated carbocycles. The molecule has 1 fully saturated rings. The van der Waals surface area contributed by atoms with Gasteiger partial charge in [-0.2, -0.15) is 11.3 Å². The van der Waals surface area contributed by atoms with Crippen molar-refractivity contribution in [2.75, 3.05) is 0 Å². The van der Waals surface area contributed by atoms with Gasteiger partial charge in [0, 0.05) is 17.4 Å². The van der Waals surface area contributed by atoms with Crippen molar-refractivity contribution >= 4 is 17.3 Å². The van der Waals surface area contributed by atoms with Crippen molar-refractivity contribution in [3.8, 4) is 11.5 Å². The first kappa shape index (κ1) is 18.1. The molecule has 0 aliphatic heterocycles. The minimum absolute atomic E-state index is 0.0419. The molecule has 0 radical (unpaired) electrons. The quantitative estimate of drug-likeness (QED) is 0.695. The third kappa shape index (κ3) is 4.69. The average molecular weight is 362 g/mol. The van der Waals surface area contributed by atoms with Crippen LogP contribution >= 0.6 is 11.3 Å². The minimum atomic E-state index is -0.167. The fourth-order valence-corrected chi connectivity index (χ4v) is 4.17. The van der Waals surface area contributed by atoms with E-state index in [4.69, 9.17) is 9.15 Å². The van der Waals surface area contributed by atoms with E-state index < -0.39 is 0 Å². The minimum Gasteiger partial charge on any atom is -0.462 e. The van der Waals surface area contributed by atoms with Gasteiger partial charge in [0.2, 0.25) is 11.8 Å². The Morgan fingerprint density at radius 1 is 1.40 bits per heavy atom. The molecule has 0 unspecified atom stereocenters. The number of ether oxygens (including phenoxy) is 1. The number of hydrogen-bond acceptors (Lipinski definition) is 6. The van der Waals surface area contributed by atoms with Crippen LogP contribution in [-0.2, 0) is 16.0 Å². The van der Waals surface area contributed by atoms with Gasteiger partial charge in [-0.1, -0.05) is 27.2 Å². The van der Waals surface area contributed by atoms with E-state index in [2.05, 4.69) is 31.0 Å². The van der Waals surface area contributed by atoms with Crippen LogP contribution in [0.3, 0.4) is 0 Å². The first-order valence-electron chi connectivity index (χ1n) is 9.07. The van der Waals surface area contributed by atoms with Gasteiger partial charge in [0.05, 0.1) is 6.42 Å². The van der Waals surface area contributed by atoms with E-state index >= 15 is 0 Å². The normalized spacial score (nSPS) is 23.8. The van der Waals surface area contributed by atoms with Crippen LogP contribution in [0.2, 0.25) is 0 Å². The monoisotopic (exact) mass is 362 g/mol. The summed E-state index contributed by atoms with van der Waals surface area (Å²) in [6, 6.07) is 1.94. The molecule has 25 heavy (non-hydrogen) atoms. The summed E-state index contributed by atoms with van der Waals surface area (Å²) in [5.74, 6) is 2.45. The molecule has 0 bridgehead atoms. The molecule has 0 amide bonds. The number of carbonyl (C=O) groups is 1. The van der Waals surface area contributed by atoms with Gasteiger partial charge in [-0.3, -0.25) is 4.79 Å². The van der Waals surface area contributed by atoms with Gasteiger partial charge in [-0.05, 0) is 42.0 Å². The van der Waals surface area contributed by atoms with Crippen LogP contribution in [0.25, 0.3) is 11.5 Å². The van der Waals surface area contributed by atoms with Crippen molar-refractivity contribution < 1.29 is 13.9 Å². The Balaban J connectivity index is 1.52. The zero-order valence-electron chi connectivity index (χ0n) is 15.1. The number of esters is 1. The van der Waals surface area contributed by atoms with Crippen molar-refractivity contribution in [3.63, 3.8) is 0 Å². The van der Waals surface area contributed by atoms with Crippen LogP contribution in [0.1, 0.15) is 52.3 Å². The molecule has 0 N–H and O–H groups in total. The first-order chi connectivity index (χ1) is 12.0. The highest BCUT2D eigenvalue weighted by Crippen LogP contribution is 2.35. The van der Waals surface area contributed by atoms with Gasteiger partial charge in [-0.25, -0.2) is 0 Å². The molecule has 2 aromatic heterocycles. The van der Waals surface area contributed by atoms with Gasteiger partial charge in [0.1, 0.15) is 6.10 Å². The topological polar surface area (TPSA) is 65.2 Å². The number of nitrogens with zero attached hydrogens (tertiary/aromatic N) is 2. The van der Waals surface area contributed by atoms with Crippen LogP contribution in [0.4, 0.5) is 0 Å². The van der Waals surface area contributed by atoms with Crippen LogP contribution in [0.5, 0.6) is 0 Å². The summed E-state index contributed by atoms with van der Waals surface area (Å²) < 4.78 is 11.4. The van der Waals surface area contributed by atoms with Gasteiger partial charge < -0.3 is 9.15 Å². The summed E-state index contributed by atoms with van der Waals surface area (Å²) in [5.41, 5.74) is 0.919. The van der Waals surface area contributed by atoms with E-state index in [0.717, 1.165) is 18.4 Å². The molecule has 6 heteroatoms. The molecule has 5 nitrogen and oxygen atoms in total. The smallest absolute Gasteiger partial charge is 0.306 e. The van der Waals surface area contributed by atoms with E-state index in [1.165, 1.54) is 6.42 Å². The Labute approximate surface area is 152 Å². The van der Waals surface area contributed by atoms with Crippen LogP contribution < -0.4 is 0 Å². The molecule has 3 atom stereocenters. The lowest BCUT2D eigenvalue weighted by Crippen LogP contribution is -2.35. The Morgan fingerprint density at radius 3 is 2.96 bits per heavy atom. The molecular formula is C19H26N2O3S. The number of hydrogen-bond donors (Lipinski definition) is 0. The van der Waals surface area contributed by atoms with Crippen LogP contribution in [0, 0.1) is 17.8 Å². The summed E-state index contributed by atoms with van der Waals surface area (Å²) in [4.78, 5) is 12.3. The Morgan fingerprint density at radius 2 is 2.24 bits per heavy atom. The lowest BCUT2D eigenvalue weighted by molar-refractivity contribution is -0.156. The molecule has 0 spiro atoms. The maximum absolute atomic E-state index is 12.3. The number of aromatic nitrogens is 2. The van der Waals surface area contributed by atoms with E-state index in [1.807, 2.05) is 16.8 Å². The van der Waals surface area contributed by atoms with Gasteiger partial charge in [0.15, 0.2) is 0 Å². The first-order valence-corrected chi connectivity index (χ1v) is 10.0. The molecule has 2 heterocycles. The maximum atomic E-state index is 12.3. The van der Waals surface area contributed by atoms with E-state index in [-0.39, 0.29) is 18.5 Å². The van der Waals surface area contributed by atoms with Crippen molar-refractivity contribution in [1.82, 2.24) is 10.2 Å². The highest BCUT2D eigenvalue weighted by Gasteiger charge is 2.33. The summed E-state index contributed by atoms with van der Waals surface area (Å²) in [7, 11) is 0. The predicted octanol–water partition coefficient (Wildman–Crippen LogP) is 4.73. The molecule has 3 rings (SSSR count). The molecular weight excluding hydrogens is 336 g/mol. The molecule has 0 aromatic carbocycles. The second-order valence-corrected chi connectivity index (χ2v) is 8.15. The number of thiophene rings is 1. The third-order valence-corrected chi connectivity index (χ3v) is 5.71. The van der Waals surface area contributed by atoms with Crippen molar-refractivity contribution in [1.29, 1.82) is 0 Å². The zero-order chi connectivity index (χ0) is 17.8. The molecule has 1 aliphatic rings. The van der Waals surface area contributed by atoms with Gasteiger partial charge in [0.25, 0.3) is 0 Å². The molecule has 1 aliphatic carbocycles. The van der Waals surface area contributed by atoms with Gasteiger partial charge >= 0.3 is 5.97 Å². The van der Waals surface area contributed by atoms with E-state index in [9.17, 15) is 4.79 Å². The number of rotatable bonds is 6. The maximum Gasteiger partial charge on any atom is 0.306 e. The second kappa shape index (κ2) is 8.13. The summed E-state index contributed by atoms with van der Waals surface area (Å²) in [6.45, 7) is 6.67. The zero-order valence-corrected chi connectivity index (χ0v) is 15.9. The Hall–Kier alpha value is -1.69. The van der Waals surface area contributed by atoms with Gasteiger partial charge in [-0.15, -0.1) is 10.2 Å². The van der Waals surface area contributed by atoms with Crippen molar-refractivity contribution in [2.45, 2.75) is 59.0 Å². The standard InChI is InChI=1S/C19H26N2O3S/c1-12(2)15-5-4-13(3)10-16(15)23-18(22)7-6-17-20-21-19(24-17)14-8-9-25-11-14/h8-9,11-13,15-16H,4-7,10H2,1-3H3/t13-,15+,16+/m1/s1.